The maximum Gasteiger partial charge on any atom is 0.0652 e. The molecule has 72 valence electrons. The van der Waals surface area contributed by atoms with Crippen molar-refractivity contribution in [3.05, 3.63) is 0 Å². The molecule has 0 radical (unpaired) electrons. The SMILES string of the molecule is CCCC1(O)CCCC(C)(C)C1. The predicted molar refractivity (Wildman–Crippen MR) is 52.1 cm³/mol. The van der Waals surface area contributed by atoms with Crippen molar-refractivity contribution in [2.75, 3.05) is 0 Å². The normalized spacial score (nSPS) is 35.0. The van der Waals surface area contributed by atoms with Crippen LogP contribution in [0.25, 0.3) is 0 Å². The second-order valence-electron chi connectivity index (χ2n) is 5.17. The Morgan fingerprint density at radius 1 is 1.25 bits per heavy atom. The lowest BCUT2D eigenvalue weighted by atomic mass is 9.68. The molecule has 1 N–H and O–H groups in total. The summed E-state index contributed by atoms with van der Waals surface area (Å²) in [6.07, 6.45) is 6.57. The van der Waals surface area contributed by atoms with Crippen molar-refractivity contribution in [1.82, 2.24) is 0 Å². The van der Waals surface area contributed by atoms with Crippen molar-refractivity contribution in [1.29, 1.82) is 0 Å². The molecule has 0 aromatic heterocycles. The first-order valence-electron chi connectivity index (χ1n) is 5.20. The molecule has 12 heavy (non-hydrogen) atoms. The van der Waals surface area contributed by atoms with Gasteiger partial charge in [0.2, 0.25) is 0 Å². The molecule has 0 heterocycles. The lowest BCUT2D eigenvalue weighted by Gasteiger charge is -2.41. The van der Waals surface area contributed by atoms with Gasteiger partial charge in [-0.1, -0.05) is 33.6 Å². The summed E-state index contributed by atoms with van der Waals surface area (Å²) in [4.78, 5) is 0. The van der Waals surface area contributed by atoms with E-state index in [4.69, 9.17) is 0 Å². The molecule has 0 aromatic carbocycles. The zero-order chi connectivity index (χ0) is 9.24. The van der Waals surface area contributed by atoms with E-state index in [-0.39, 0.29) is 5.60 Å². The van der Waals surface area contributed by atoms with Crippen molar-refractivity contribution < 1.29 is 5.11 Å². The lowest BCUT2D eigenvalue weighted by molar-refractivity contribution is -0.0453. The second-order valence-corrected chi connectivity index (χ2v) is 5.17. The standard InChI is InChI=1S/C11H22O/c1-4-6-11(12)8-5-7-10(2,3)9-11/h12H,4-9H2,1-3H3. The smallest absolute Gasteiger partial charge is 0.0652 e. The Morgan fingerprint density at radius 2 is 1.92 bits per heavy atom. The minimum atomic E-state index is -0.337. The third kappa shape index (κ3) is 2.48. The van der Waals surface area contributed by atoms with E-state index < -0.39 is 0 Å². The van der Waals surface area contributed by atoms with Crippen LogP contribution in [0.1, 0.15) is 59.3 Å². The van der Waals surface area contributed by atoms with Crippen LogP contribution in [0.5, 0.6) is 0 Å². The predicted octanol–water partition coefficient (Wildman–Crippen LogP) is 3.12. The average molecular weight is 170 g/mol. The van der Waals surface area contributed by atoms with E-state index in [0.29, 0.717) is 5.41 Å². The van der Waals surface area contributed by atoms with Crippen LogP contribution >= 0.6 is 0 Å². The molecule has 1 nitrogen and oxygen atoms in total. The summed E-state index contributed by atoms with van der Waals surface area (Å²) >= 11 is 0. The number of hydrogen-bond acceptors (Lipinski definition) is 1. The van der Waals surface area contributed by atoms with Crippen molar-refractivity contribution in [3.63, 3.8) is 0 Å². The van der Waals surface area contributed by atoms with Gasteiger partial charge in [0.1, 0.15) is 0 Å². The Bertz CT molecular complexity index is 147. The Kier molecular flexibility index (Phi) is 2.82. The van der Waals surface area contributed by atoms with Crippen LogP contribution in [0.3, 0.4) is 0 Å². The molecule has 1 atom stereocenters. The van der Waals surface area contributed by atoms with Gasteiger partial charge in [0.05, 0.1) is 5.60 Å². The highest BCUT2D eigenvalue weighted by atomic mass is 16.3. The molecular weight excluding hydrogens is 148 g/mol. The molecule has 0 spiro atoms. The zero-order valence-electron chi connectivity index (χ0n) is 8.69. The molecule has 1 aliphatic rings. The molecule has 0 amide bonds. The van der Waals surface area contributed by atoms with Gasteiger partial charge < -0.3 is 5.11 Å². The fourth-order valence-electron chi connectivity index (χ4n) is 2.64. The van der Waals surface area contributed by atoms with E-state index >= 15 is 0 Å². The third-order valence-electron chi connectivity index (χ3n) is 3.02. The zero-order valence-corrected chi connectivity index (χ0v) is 8.69. The number of hydrogen-bond donors (Lipinski definition) is 1. The fourth-order valence-corrected chi connectivity index (χ4v) is 2.64. The first kappa shape index (κ1) is 10.0. The van der Waals surface area contributed by atoms with Crippen LogP contribution in [0.2, 0.25) is 0 Å². The Labute approximate surface area is 76.2 Å². The molecule has 1 heteroatoms. The van der Waals surface area contributed by atoms with Gasteiger partial charge in [-0.2, -0.15) is 0 Å². The molecule has 1 aliphatic carbocycles. The van der Waals surface area contributed by atoms with Crippen LogP contribution in [0.4, 0.5) is 0 Å². The highest BCUT2D eigenvalue weighted by molar-refractivity contribution is 4.89. The monoisotopic (exact) mass is 170 g/mol. The van der Waals surface area contributed by atoms with Crippen LogP contribution in [-0.4, -0.2) is 10.7 Å². The summed E-state index contributed by atoms with van der Waals surface area (Å²) in [6.45, 7) is 6.69. The first-order chi connectivity index (χ1) is 5.47. The molecular formula is C11H22O. The molecule has 0 aromatic rings. The van der Waals surface area contributed by atoms with Gasteiger partial charge in [-0.15, -0.1) is 0 Å². The van der Waals surface area contributed by atoms with Gasteiger partial charge >= 0.3 is 0 Å². The Hall–Kier alpha value is -0.0400. The van der Waals surface area contributed by atoms with Gasteiger partial charge in [0.15, 0.2) is 0 Å². The third-order valence-corrected chi connectivity index (χ3v) is 3.02. The summed E-state index contributed by atoms with van der Waals surface area (Å²) in [5.74, 6) is 0. The highest BCUT2D eigenvalue weighted by Gasteiger charge is 2.37. The summed E-state index contributed by atoms with van der Waals surface area (Å²) in [7, 11) is 0. The largest absolute Gasteiger partial charge is 0.390 e. The average Bonchev–Trinajstić information content (AvgIpc) is 1.83. The molecule has 1 rings (SSSR count). The topological polar surface area (TPSA) is 20.2 Å². The van der Waals surface area contributed by atoms with Gasteiger partial charge in [0.25, 0.3) is 0 Å². The maximum absolute atomic E-state index is 10.2. The minimum absolute atomic E-state index is 0.337. The van der Waals surface area contributed by atoms with E-state index in [1.165, 1.54) is 12.8 Å². The van der Waals surface area contributed by atoms with Crippen molar-refractivity contribution in [2.45, 2.75) is 64.9 Å². The van der Waals surface area contributed by atoms with Crippen molar-refractivity contribution in [2.24, 2.45) is 5.41 Å². The summed E-state index contributed by atoms with van der Waals surface area (Å²) in [5.41, 5.74) is 0.0265. The van der Waals surface area contributed by atoms with Crippen molar-refractivity contribution >= 4 is 0 Å². The van der Waals surface area contributed by atoms with Crippen LogP contribution < -0.4 is 0 Å². The number of rotatable bonds is 2. The summed E-state index contributed by atoms with van der Waals surface area (Å²) in [5, 5.41) is 10.2. The number of aliphatic hydroxyl groups is 1. The molecule has 0 aliphatic heterocycles. The molecule has 0 bridgehead atoms. The van der Waals surface area contributed by atoms with Gasteiger partial charge in [-0.05, 0) is 31.1 Å². The molecule has 1 fully saturated rings. The highest BCUT2D eigenvalue weighted by Crippen LogP contribution is 2.42. The van der Waals surface area contributed by atoms with Gasteiger partial charge in [0, 0.05) is 0 Å². The van der Waals surface area contributed by atoms with E-state index in [2.05, 4.69) is 20.8 Å². The lowest BCUT2D eigenvalue weighted by Crippen LogP contribution is -2.38. The maximum atomic E-state index is 10.2. The molecule has 0 saturated heterocycles. The first-order valence-corrected chi connectivity index (χ1v) is 5.20. The van der Waals surface area contributed by atoms with E-state index in [1.54, 1.807) is 0 Å². The summed E-state index contributed by atoms with van der Waals surface area (Å²) < 4.78 is 0. The second kappa shape index (κ2) is 3.37. The fraction of sp³-hybridized carbons (Fsp3) is 1.00. The minimum Gasteiger partial charge on any atom is -0.390 e. The van der Waals surface area contributed by atoms with Crippen LogP contribution in [-0.2, 0) is 0 Å². The van der Waals surface area contributed by atoms with E-state index in [9.17, 15) is 5.11 Å². The molecule has 1 saturated carbocycles. The Balaban J connectivity index is 2.55. The van der Waals surface area contributed by atoms with Crippen LogP contribution in [0, 0.1) is 5.41 Å². The summed E-state index contributed by atoms with van der Waals surface area (Å²) in [6, 6.07) is 0. The van der Waals surface area contributed by atoms with Gasteiger partial charge in [-0.3, -0.25) is 0 Å². The Morgan fingerprint density at radius 3 is 2.42 bits per heavy atom. The quantitative estimate of drug-likeness (QED) is 0.675. The van der Waals surface area contributed by atoms with E-state index in [1.807, 2.05) is 0 Å². The van der Waals surface area contributed by atoms with Gasteiger partial charge in [-0.25, -0.2) is 0 Å². The molecule has 1 unspecified atom stereocenters. The van der Waals surface area contributed by atoms with Crippen molar-refractivity contribution in [3.8, 4) is 0 Å². The van der Waals surface area contributed by atoms with Crippen LogP contribution in [0.15, 0.2) is 0 Å². The van der Waals surface area contributed by atoms with E-state index in [0.717, 1.165) is 25.7 Å².